The van der Waals surface area contributed by atoms with E-state index < -0.39 is 22.3 Å². The molecule has 3 N–H and O–H groups in total. The van der Waals surface area contributed by atoms with Crippen molar-refractivity contribution in [3.63, 3.8) is 0 Å². The first kappa shape index (κ1) is 31.7. The Hall–Kier alpha value is -1.45. The number of unbranched alkanes of at least 4 members (excludes halogenated alkanes) is 15. The van der Waals surface area contributed by atoms with Crippen LogP contribution in [0.25, 0.3) is 0 Å². The summed E-state index contributed by atoms with van der Waals surface area (Å²) in [4.78, 5) is 19.1. The summed E-state index contributed by atoms with van der Waals surface area (Å²) in [7, 11) is -4.24. The van der Waals surface area contributed by atoms with Gasteiger partial charge in [0.2, 0.25) is 0 Å². The van der Waals surface area contributed by atoms with Gasteiger partial charge in [0.1, 0.15) is 0 Å². The summed E-state index contributed by atoms with van der Waals surface area (Å²) in [5.41, 5.74) is 0. The van der Waals surface area contributed by atoms with Crippen LogP contribution in [0.5, 0.6) is 0 Å². The summed E-state index contributed by atoms with van der Waals surface area (Å²) >= 11 is 0. The number of carboxylic acid groups (broad SMARTS) is 2. The molecule has 0 aromatic rings. The highest BCUT2D eigenvalue weighted by Crippen LogP contribution is 2.13. The zero-order valence-corrected chi connectivity index (χ0v) is 19.8. The lowest BCUT2D eigenvalue weighted by Crippen LogP contribution is -2.04. The Labute approximate surface area is 188 Å². The van der Waals surface area contributed by atoms with E-state index in [9.17, 15) is 18.0 Å². The van der Waals surface area contributed by atoms with Crippen LogP contribution >= 0.6 is 0 Å². The second kappa shape index (κ2) is 23.2. The van der Waals surface area contributed by atoms with Gasteiger partial charge in [-0.1, -0.05) is 103 Å². The SMILES string of the molecule is CCCCCCCCCCCCCCCCCCOS(=O)(=O)O.O=C(O)/C=C/C(=O)O. The van der Waals surface area contributed by atoms with Crippen LogP contribution in [0.1, 0.15) is 110 Å². The van der Waals surface area contributed by atoms with E-state index in [1.807, 2.05) is 0 Å². The molecule has 0 bridgehead atoms. The molecule has 0 atom stereocenters. The van der Waals surface area contributed by atoms with Gasteiger partial charge in [-0.15, -0.1) is 0 Å². The molecule has 0 aromatic heterocycles. The van der Waals surface area contributed by atoms with Gasteiger partial charge in [-0.05, 0) is 6.42 Å². The highest BCUT2D eigenvalue weighted by molar-refractivity contribution is 7.80. The summed E-state index contributed by atoms with van der Waals surface area (Å²) in [6.07, 6.45) is 21.6. The fraction of sp³-hybridized carbons (Fsp3) is 0.818. The molecule has 31 heavy (non-hydrogen) atoms. The van der Waals surface area contributed by atoms with Crippen LogP contribution in [0.2, 0.25) is 0 Å². The molecule has 0 amide bonds. The number of carboxylic acids is 2. The van der Waals surface area contributed by atoms with E-state index in [4.69, 9.17) is 14.8 Å². The summed E-state index contributed by atoms with van der Waals surface area (Å²) in [6.45, 7) is 2.36. The minimum Gasteiger partial charge on any atom is -0.478 e. The van der Waals surface area contributed by atoms with Gasteiger partial charge in [0.25, 0.3) is 0 Å². The maximum Gasteiger partial charge on any atom is 0.397 e. The first-order chi connectivity index (χ1) is 14.7. The van der Waals surface area contributed by atoms with Crippen molar-refractivity contribution in [1.82, 2.24) is 0 Å². The molecule has 0 rings (SSSR count). The molecular formula is C22H42O8S. The van der Waals surface area contributed by atoms with Gasteiger partial charge in [-0.3, -0.25) is 4.55 Å². The molecule has 0 aliphatic carbocycles. The average molecular weight is 467 g/mol. The van der Waals surface area contributed by atoms with Crippen molar-refractivity contribution in [2.45, 2.75) is 110 Å². The molecule has 0 aliphatic rings. The topological polar surface area (TPSA) is 138 Å². The van der Waals surface area contributed by atoms with Crippen molar-refractivity contribution in [2.24, 2.45) is 0 Å². The minimum absolute atomic E-state index is 0.0945. The van der Waals surface area contributed by atoms with E-state index in [-0.39, 0.29) is 6.61 Å². The van der Waals surface area contributed by atoms with E-state index in [1.165, 1.54) is 83.5 Å². The smallest absolute Gasteiger partial charge is 0.397 e. The Morgan fingerprint density at radius 2 is 0.935 bits per heavy atom. The largest absolute Gasteiger partial charge is 0.478 e. The first-order valence-electron chi connectivity index (χ1n) is 11.4. The normalized spacial score (nSPS) is 11.3. The maximum atomic E-state index is 10.3. The van der Waals surface area contributed by atoms with Gasteiger partial charge in [0.05, 0.1) is 6.61 Å². The molecule has 0 fully saturated rings. The van der Waals surface area contributed by atoms with E-state index in [0.29, 0.717) is 18.6 Å². The molecular weight excluding hydrogens is 424 g/mol. The zero-order valence-electron chi connectivity index (χ0n) is 19.0. The number of rotatable bonds is 20. The third kappa shape index (κ3) is 36.3. The second-order valence-corrected chi connectivity index (χ2v) is 8.65. The summed E-state index contributed by atoms with van der Waals surface area (Å²) in [6, 6.07) is 0. The van der Waals surface area contributed by atoms with Crippen LogP contribution in [0.15, 0.2) is 12.2 Å². The van der Waals surface area contributed by atoms with Gasteiger partial charge in [-0.25, -0.2) is 13.8 Å². The number of hydrogen-bond acceptors (Lipinski definition) is 5. The van der Waals surface area contributed by atoms with Crippen LogP contribution < -0.4 is 0 Å². The lowest BCUT2D eigenvalue weighted by Gasteiger charge is -2.03. The zero-order chi connectivity index (χ0) is 23.8. The number of carbonyl (C=O) groups is 2. The van der Waals surface area contributed by atoms with Gasteiger partial charge >= 0.3 is 22.3 Å². The number of hydrogen-bond donors (Lipinski definition) is 3. The molecule has 9 heteroatoms. The summed E-state index contributed by atoms with van der Waals surface area (Å²) in [5.74, 6) is -2.51. The highest BCUT2D eigenvalue weighted by Gasteiger charge is 2.02. The predicted octanol–water partition coefficient (Wildman–Crippen LogP) is 5.78. The van der Waals surface area contributed by atoms with Crippen LogP contribution in [-0.2, 0) is 24.2 Å². The van der Waals surface area contributed by atoms with Gasteiger partial charge in [0.15, 0.2) is 0 Å². The molecule has 0 heterocycles. The average Bonchev–Trinajstić information content (AvgIpc) is 2.68. The van der Waals surface area contributed by atoms with Crippen LogP contribution in [0, 0.1) is 0 Å². The molecule has 0 saturated heterocycles. The van der Waals surface area contributed by atoms with Crippen LogP contribution in [0.4, 0.5) is 0 Å². The van der Waals surface area contributed by atoms with Crippen molar-refractivity contribution < 1.29 is 37.0 Å². The predicted molar refractivity (Wildman–Crippen MR) is 121 cm³/mol. The molecule has 184 valence electrons. The Bertz CT molecular complexity index is 542. The minimum atomic E-state index is -4.24. The Morgan fingerprint density at radius 1 is 0.645 bits per heavy atom. The monoisotopic (exact) mass is 466 g/mol. The van der Waals surface area contributed by atoms with Crippen molar-refractivity contribution in [1.29, 1.82) is 0 Å². The first-order valence-corrected chi connectivity index (χ1v) is 12.8. The second-order valence-electron chi connectivity index (χ2n) is 7.56. The van der Waals surface area contributed by atoms with Crippen molar-refractivity contribution >= 4 is 22.3 Å². The lowest BCUT2D eigenvalue weighted by molar-refractivity contribution is -0.134. The molecule has 0 aliphatic heterocycles. The van der Waals surface area contributed by atoms with E-state index >= 15 is 0 Å². The molecule has 0 spiro atoms. The lowest BCUT2D eigenvalue weighted by atomic mass is 10.0. The quantitative estimate of drug-likeness (QED) is 0.117. The number of aliphatic carboxylic acids is 2. The molecule has 0 unspecified atom stereocenters. The maximum absolute atomic E-state index is 10.3. The Balaban J connectivity index is 0. The van der Waals surface area contributed by atoms with Gasteiger partial charge < -0.3 is 10.2 Å². The van der Waals surface area contributed by atoms with Crippen molar-refractivity contribution in [3.05, 3.63) is 12.2 Å². The van der Waals surface area contributed by atoms with Crippen LogP contribution in [-0.4, -0.2) is 41.7 Å². The molecule has 0 aromatic carbocycles. The Morgan fingerprint density at radius 3 is 1.19 bits per heavy atom. The van der Waals surface area contributed by atoms with Crippen LogP contribution in [0.3, 0.4) is 0 Å². The highest BCUT2D eigenvalue weighted by atomic mass is 32.3. The van der Waals surface area contributed by atoms with Gasteiger partial charge in [0, 0.05) is 12.2 Å². The van der Waals surface area contributed by atoms with E-state index in [2.05, 4.69) is 11.1 Å². The van der Waals surface area contributed by atoms with Crippen molar-refractivity contribution in [2.75, 3.05) is 6.61 Å². The summed E-state index contributed by atoms with van der Waals surface area (Å²) < 4.78 is 33.3. The van der Waals surface area contributed by atoms with E-state index in [1.54, 1.807) is 0 Å². The van der Waals surface area contributed by atoms with Crippen molar-refractivity contribution in [3.8, 4) is 0 Å². The Kier molecular flexibility index (Phi) is 23.8. The third-order valence-corrected chi connectivity index (χ3v) is 5.06. The molecule has 0 saturated carbocycles. The molecule has 8 nitrogen and oxygen atoms in total. The van der Waals surface area contributed by atoms with Gasteiger partial charge in [-0.2, -0.15) is 8.42 Å². The molecule has 0 radical (unpaired) electrons. The summed E-state index contributed by atoms with van der Waals surface area (Å²) in [5, 5.41) is 15.6. The standard InChI is InChI=1S/C18H38O4S.C4H4O4/c1-2-3-4-5-6-7-8-9-10-11-12-13-14-15-16-17-18-22-23(19,20)21;5-3(6)1-2-4(7)8/h2-18H2,1H3,(H,19,20,21);1-2H,(H,5,6)(H,7,8)/b;2-1+. The fourth-order valence-electron chi connectivity index (χ4n) is 2.96. The fourth-order valence-corrected chi connectivity index (χ4v) is 3.29. The van der Waals surface area contributed by atoms with E-state index in [0.717, 1.165) is 12.8 Å². The third-order valence-electron chi connectivity index (χ3n) is 4.60.